The van der Waals surface area contributed by atoms with E-state index in [1.165, 1.54) is 13.1 Å². The molecule has 6 N–H and O–H groups in total. The van der Waals surface area contributed by atoms with Crippen molar-refractivity contribution >= 4 is 22.8 Å². The molecule has 26 heavy (non-hydrogen) atoms. The van der Waals surface area contributed by atoms with Crippen LogP contribution in [0, 0.1) is 17.7 Å². The molecule has 1 amide bonds. The number of hydrogen-bond donors (Lipinski definition) is 3. The molecule has 1 aliphatic heterocycles. The van der Waals surface area contributed by atoms with Crippen LogP contribution in [0.5, 0.6) is 0 Å². The summed E-state index contributed by atoms with van der Waals surface area (Å²) in [6.45, 7) is 2.08. The molecule has 0 aliphatic carbocycles. The normalized spacial score (nSPS) is 17.5. The number of aliphatic imine (C=N–C) groups is 1. The van der Waals surface area contributed by atoms with E-state index in [4.69, 9.17) is 17.2 Å². The Hall–Kier alpha value is -3.34. The van der Waals surface area contributed by atoms with Crippen molar-refractivity contribution in [1.29, 1.82) is 0 Å². The van der Waals surface area contributed by atoms with E-state index in [0.29, 0.717) is 11.6 Å². The van der Waals surface area contributed by atoms with Crippen LogP contribution < -0.4 is 17.2 Å². The molecule has 0 bridgehead atoms. The minimum atomic E-state index is -0.852. The van der Waals surface area contributed by atoms with Crippen molar-refractivity contribution < 1.29 is 9.18 Å². The van der Waals surface area contributed by atoms with E-state index in [0.717, 1.165) is 24.2 Å². The second-order valence-electron chi connectivity index (χ2n) is 6.12. The molecule has 1 aliphatic rings. The number of imidazole rings is 1. The lowest BCUT2D eigenvalue weighted by molar-refractivity contribution is -0.114. The van der Waals surface area contributed by atoms with Gasteiger partial charge in [-0.15, -0.1) is 0 Å². The number of halogens is 1. The van der Waals surface area contributed by atoms with Crippen LogP contribution in [-0.2, 0) is 11.2 Å². The van der Waals surface area contributed by atoms with Gasteiger partial charge in [-0.2, -0.15) is 0 Å². The molecule has 0 radical (unpaired) electrons. The number of nitrogens with zero attached hydrogens (tertiary/aromatic N) is 3. The van der Waals surface area contributed by atoms with E-state index < -0.39 is 11.7 Å². The van der Waals surface area contributed by atoms with Crippen LogP contribution in [0.15, 0.2) is 28.4 Å². The molecular weight excluding hydrogens is 335 g/mol. The van der Waals surface area contributed by atoms with Gasteiger partial charge in [0.05, 0.1) is 22.3 Å². The third kappa shape index (κ3) is 2.88. The van der Waals surface area contributed by atoms with Gasteiger partial charge in [-0.05, 0) is 25.3 Å². The van der Waals surface area contributed by atoms with Crippen LogP contribution in [0.4, 0.5) is 4.39 Å². The third-order valence-corrected chi connectivity index (χ3v) is 4.42. The largest absolute Gasteiger partial charge is 0.391 e. The Balaban J connectivity index is 2.07. The average molecular weight is 354 g/mol. The molecule has 0 saturated heterocycles. The Labute approximate surface area is 149 Å². The number of aromatic nitrogens is 2. The predicted octanol–water partition coefficient (Wildman–Crippen LogP) is 0.719. The zero-order valence-corrected chi connectivity index (χ0v) is 14.5. The van der Waals surface area contributed by atoms with E-state index in [-0.39, 0.29) is 22.7 Å². The molecule has 1 atom stereocenters. The summed E-state index contributed by atoms with van der Waals surface area (Å²) in [5.41, 5.74) is 17.8. The summed E-state index contributed by atoms with van der Waals surface area (Å²) >= 11 is 0. The fraction of sp³-hybridized carbons (Fsp3) is 0.278. The molecule has 7 nitrogen and oxygen atoms in total. The Morgan fingerprint density at radius 3 is 2.77 bits per heavy atom. The number of aryl methyl sites for hydroxylation is 1. The van der Waals surface area contributed by atoms with Crippen LogP contribution in [0.2, 0.25) is 0 Å². The first kappa shape index (κ1) is 17.5. The van der Waals surface area contributed by atoms with Crippen LogP contribution in [0.25, 0.3) is 11.0 Å². The highest BCUT2D eigenvalue weighted by atomic mass is 19.1. The van der Waals surface area contributed by atoms with Gasteiger partial charge in [0.15, 0.2) is 0 Å². The van der Waals surface area contributed by atoms with Crippen molar-refractivity contribution in [2.75, 3.05) is 7.05 Å². The maximum atomic E-state index is 14.5. The SMILES string of the molecule is CN=C(N)/C(C(N)=O)=C(\N)C#Cc1cc2nc3n(c2cc1F)C(C)CC3. The third-order valence-electron chi connectivity index (χ3n) is 4.42. The number of primary amides is 1. The second-order valence-corrected chi connectivity index (χ2v) is 6.12. The molecule has 8 heteroatoms. The number of carbonyl (C=O) groups excluding carboxylic acids is 1. The minimum Gasteiger partial charge on any atom is -0.391 e. The van der Waals surface area contributed by atoms with Crippen LogP contribution in [0.3, 0.4) is 0 Å². The molecular formula is C18H19FN6O. The highest BCUT2D eigenvalue weighted by molar-refractivity contribution is 6.20. The lowest BCUT2D eigenvalue weighted by Gasteiger charge is -2.07. The summed E-state index contributed by atoms with van der Waals surface area (Å²) in [4.78, 5) is 19.7. The van der Waals surface area contributed by atoms with Crippen molar-refractivity contribution in [2.24, 2.45) is 22.2 Å². The number of allylic oxidation sites excluding steroid dienone is 1. The highest BCUT2D eigenvalue weighted by Gasteiger charge is 2.23. The lowest BCUT2D eigenvalue weighted by atomic mass is 10.1. The van der Waals surface area contributed by atoms with Crippen LogP contribution in [0.1, 0.15) is 30.8 Å². The first-order chi connectivity index (χ1) is 12.3. The Bertz CT molecular complexity index is 1040. The van der Waals surface area contributed by atoms with Gasteiger partial charge in [-0.1, -0.05) is 5.92 Å². The van der Waals surface area contributed by atoms with Gasteiger partial charge in [-0.25, -0.2) is 9.37 Å². The molecule has 0 saturated carbocycles. The quantitative estimate of drug-likeness (QED) is 0.318. The van der Waals surface area contributed by atoms with Gasteiger partial charge >= 0.3 is 0 Å². The van der Waals surface area contributed by atoms with Gasteiger partial charge in [0.25, 0.3) is 5.91 Å². The zero-order chi connectivity index (χ0) is 19.0. The number of amides is 1. The van der Waals surface area contributed by atoms with E-state index in [9.17, 15) is 9.18 Å². The maximum Gasteiger partial charge on any atom is 0.255 e. The van der Waals surface area contributed by atoms with Crippen LogP contribution in [-0.4, -0.2) is 28.3 Å². The number of hydrogen-bond acceptors (Lipinski definition) is 4. The van der Waals surface area contributed by atoms with Crippen molar-refractivity contribution in [3.8, 4) is 11.8 Å². The number of benzene rings is 1. The first-order valence-corrected chi connectivity index (χ1v) is 8.08. The topological polar surface area (TPSA) is 125 Å². The molecule has 134 valence electrons. The Kier molecular flexibility index (Phi) is 4.38. The standard InChI is InChI=1S/C18H19FN6O/c1-9-3-6-15-24-13-7-10(11(19)8-14(13)25(9)15)4-5-12(20)16(18(22)26)17(21)23-2/h7-9H,3,6,20H2,1-2H3,(H2,21,23)(H2,22,26)/b16-12+. The van der Waals surface area contributed by atoms with Crippen molar-refractivity contribution in [3.05, 3.63) is 40.6 Å². The molecule has 1 aromatic heterocycles. The summed E-state index contributed by atoms with van der Waals surface area (Å²) < 4.78 is 16.5. The zero-order valence-electron chi connectivity index (χ0n) is 14.5. The van der Waals surface area contributed by atoms with Crippen LogP contribution >= 0.6 is 0 Å². The van der Waals surface area contributed by atoms with E-state index in [1.54, 1.807) is 6.07 Å². The van der Waals surface area contributed by atoms with E-state index in [1.807, 2.05) is 4.57 Å². The molecule has 1 aromatic carbocycles. The number of fused-ring (bicyclic) bond motifs is 3. The summed E-state index contributed by atoms with van der Waals surface area (Å²) in [5.74, 6) is 4.63. The molecule has 1 unspecified atom stereocenters. The Morgan fingerprint density at radius 2 is 2.12 bits per heavy atom. The monoisotopic (exact) mass is 354 g/mol. The minimum absolute atomic E-state index is 0.125. The molecule has 0 fully saturated rings. The second kappa shape index (κ2) is 6.52. The number of nitrogens with two attached hydrogens (primary N) is 3. The van der Waals surface area contributed by atoms with Gasteiger partial charge in [0, 0.05) is 25.6 Å². The smallest absolute Gasteiger partial charge is 0.255 e. The van der Waals surface area contributed by atoms with Crippen molar-refractivity contribution in [1.82, 2.24) is 9.55 Å². The summed E-state index contributed by atoms with van der Waals surface area (Å²) in [5, 5.41) is 0. The van der Waals surface area contributed by atoms with E-state index in [2.05, 4.69) is 28.7 Å². The first-order valence-electron chi connectivity index (χ1n) is 8.08. The average Bonchev–Trinajstić information content (AvgIpc) is 3.12. The maximum absolute atomic E-state index is 14.5. The fourth-order valence-corrected chi connectivity index (χ4v) is 3.10. The van der Waals surface area contributed by atoms with Gasteiger partial charge < -0.3 is 21.8 Å². The van der Waals surface area contributed by atoms with Gasteiger partial charge in [-0.3, -0.25) is 9.79 Å². The number of carbonyl (C=O) groups is 1. The van der Waals surface area contributed by atoms with Crippen molar-refractivity contribution in [3.63, 3.8) is 0 Å². The highest BCUT2D eigenvalue weighted by Crippen LogP contribution is 2.31. The summed E-state index contributed by atoms with van der Waals surface area (Å²) in [6.07, 6.45) is 1.87. The van der Waals surface area contributed by atoms with Gasteiger partial charge in [0.2, 0.25) is 0 Å². The summed E-state index contributed by atoms with van der Waals surface area (Å²) in [6, 6.07) is 3.29. The lowest BCUT2D eigenvalue weighted by Crippen LogP contribution is -2.29. The summed E-state index contributed by atoms with van der Waals surface area (Å²) in [7, 11) is 1.39. The van der Waals surface area contributed by atoms with Gasteiger partial charge in [0.1, 0.15) is 23.1 Å². The molecule has 2 aromatic rings. The number of amidine groups is 1. The fourth-order valence-electron chi connectivity index (χ4n) is 3.10. The molecule has 3 rings (SSSR count). The van der Waals surface area contributed by atoms with Crippen molar-refractivity contribution in [2.45, 2.75) is 25.8 Å². The Morgan fingerprint density at radius 1 is 1.38 bits per heavy atom. The van der Waals surface area contributed by atoms with E-state index >= 15 is 0 Å². The molecule has 0 spiro atoms. The number of rotatable bonds is 2. The molecule has 2 heterocycles. The predicted molar refractivity (Wildman–Crippen MR) is 97.6 cm³/mol.